The van der Waals surface area contributed by atoms with E-state index in [4.69, 9.17) is 0 Å². The third-order valence-corrected chi connectivity index (χ3v) is 4.32. The van der Waals surface area contributed by atoms with Crippen molar-refractivity contribution in [2.75, 3.05) is 45.6 Å². The number of likely N-dealkylation sites (tertiary alicyclic amines) is 1. The molecule has 0 unspecified atom stereocenters. The van der Waals surface area contributed by atoms with Gasteiger partial charge in [0.25, 0.3) is 5.91 Å². The Kier molecular flexibility index (Phi) is 7.59. The fraction of sp³-hybridized carbons (Fsp3) is 0.526. The van der Waals surface area contributed by atoms with Gasteiger partial charge in [0.15, 0.2) is 0 Å². The standard InChI is InChI=1S/C19H28N4O3/c1-22(2)12-8-11-20-17(24)18(25)21-16-10-5-4-9-15(16)19(26)23-13-6-3-7-14-23/h4-5,9-10H,3,6-8,11-14H2,1-2H3,(H,20,24)(H,21,25). The van der Waals surface area contributed by atoms with Crippen LogP contribution in [0, 0.1) is 0 Å². The number of benzene rings is 1. The zero-order chi connectivity index (χ0) is 18.9. The van der Waals surface area contributed by atoms with Gasteiger partial charge in [-0.25, -0.2) is 0 Å². The smallest absolute Gasteiger partial charge is 0.313 e. The van der Waals surface area contributed by atoms with E-state index < -0.39 is 11.8 Å². The number of carbonyl (C=O) groups excluding carboxylic acids is 3. The molecule has 26 heavy (non-hydrogen) atoms. The van der Waals surface area contributed by atoms with Crippen LogP contribution in [0.3, 0.4) is 0 Å². The molecule has 0 saturated carbocycles. The van der Waals surface area contributed by atoms with Crippen molar-refractivity contribution in [1.29, 1.82) is 0 Å². The van der Waals surface area contributed by atoms with E-state index in [0.717, 1.165) is 45.3 Å². The minimum atomic E-state index is -0.756. The van der Waals surface area contributed by atoms with Crippen LogP contribution in [-0.4, -0.2) is 67.8 Å². The number of amides is 3. The monoisotopic (exact) mass is 360 g/mol. The van der Waals surface area contributed by atoms with E-state index >= 15 is 0 Å². The van der Waals surface area contributed by atoms with Crippen LogP contribution < -0.4 is 10.6 Å². The molecule has 1 heterocycles. The molecule has 2 rings (SSSR count). The molecular formula is C19H28N4O3. The summed E-state index contributed by atoms with van der Waals surface area (Å²) in [5, 5.41) is 5.17. The quantitative estimate of drug-likeness (QED) is 0.592. The number of hydrogen-bond acceptors (Lipinski definition) is 4. The van der Waals surface area contributed by atoms with Gasteiger partial charge >= 0.3 is 11.8 Å². The molecule has 0 aliphatic carbocycles. The van der Waals surface area contributed by atoms with Crippen LogP contribution in [-0.2, 0) is 9.59 Å². The van der Waals surface area contributed by atoms with Crippen molar-refractivity contribution in [3.05, 3.63) is 29.8 Å². The summed E-state index contributed by atoms with van der Waals surface area (Å²) in [6.07, 6.45) is 3.89. The summed E-state index contributed by atoms with van der Waals surface area (Å²) < 4.78 is 0. The Labute approximate surface area is 154 Å². The van der Waals surface area contributed by atoms with Crippen molar-refractivity contribution in [2.45, 2.75) is 25.7 Å². The number of hydrogen-bond donors (Lipinski definition) is 2. The van der Waals surface area contributed by atoms with Gasteiger partial charge in [0.05, 0.1) is 11.3 Å². The molecule has 1 aromatic rings. The van der Waals surface area contributed by atoms with Gasteiger partial charge in [0, 0.05) is 19.6 Å². The molecule has 142 valence electrons. The minimum Gasteiger partial charge on any atom is -0.348 e. The highest BCUT2D eigenvalue weighted by Crippen LogP contribution is 2.20. The number of nitrogens with zero attached hydrogens (tertiary/aromatic N) is 2. The van der Waals surface area contributed by atoms with E-state index in [1.165, 1.54) is 0 Å². The van der Waals surface area contributed by atoms with E-state index in [0.29, 0.717) is 17.8 Å². The maximum absolute atomic E-state index is 12.7. The second-order valence-electron chi connectivity index (χ2n) is 6.77. The predicted molar refractivity (Wildman–Crippen MR) is 101 cm³/mol. The van der Waals surface area contributed by atoms with Gasteiger partial charge in [-0.3, -0.25) is 14.4 Å². The lowest BCUT2D eigenvalue weighted by Crippen LogP contribution is -2.38. The molecule has 0 atom stereocenters. The fourth-order valence-electron chi connectivity index (χ4n) is 2.90. The van der Waals surface area contributed by atoms with Gasteiger partial charge in [-0.05, 0) is 58.5 Å². The number of rotatable bonds is 6. The fourth-order valence-corrected chi connectivity index (χ4v) is 2.90. The first-order valence-electron chi connectivity index (χ1n) is 9.11. The first kappa shape index (κ1) is 19.9. The minimum absolute atomic E-state index is 0.105. The van der Waals surface area contributed by atoms with Crippen LogP contribution >= 0.6 is 0 Å². The van der Waals surface area contributed by atoms with Gasteiger partial charge in [0.2, 0.25) is 0 Å². The summed E-state index contributed by atoms with van der Waals surface area (Å²) >= 11 is 0. The zero-order valence-electron chi connectivity index (χ0n) is 15.6. The van der Waals surface area contributed by atoms with Gasteiger partial charge in [-0.15, -0.1) is 0 Å². The van der Waals surface area contributed by atoms with E-state index in [-0.39, 0.29) is 5.91 Å². The Morgan fingerprint density at radius 2 is 1.73 bits per heavy atom. The first-order valence-corrected chi connectivity index (χ1v) is 9.11. The summed E-state index contributed by atoms with van der Waals surface area (Å²) in [6, 6.07) is 6.82. The van der Waals surface area contributed by atoms with Crippen LogP contribution in [0.5, 0.6) is 0 Å². The number of para-hydroxylation sites is 1. The van der Waals surface area contributed by atoms with E-state index in [1.807, 2.05) is 19.0 Å². The van der Waals surface area contributed by atoms with Gasteiger partial charge in [0.1, 0.15) is 0 Å². The number of carbonyl (C=O) groups is 3. The van der Waals surface area contributed by atoms with E-state index in [1.54, 1.807) is 29.2 Å². The largest absolute Gasteiger partial charge is 0.348 e. The molecule has 7 nitrogen and oxygen atoms in total. The van der Waals surface area contributed by atoms with E-state index in [9.17, 15) is 14.4 Å². The molecule has 2 N–H and O–H groups in total. The molecule has 3 amide bonds. The summed E-state index contributed by atoms with van der Waals surface area (Å²) in [5.41, 5.74) is 0.791. The highest BCUT2D eigenvalue weighted by atomic mass is 16.2. The van der Waals surface area contributed by atoms with Crippen LogP contribution in [0.25, 0.3) is 0 Å². The van der Waals surface area contributed by atoms with Gasteiger partial charge < -0.3 is 20.4 Å². The van der Waals surface area contributed by atoms with Crippen molar-refractivity contribution in [1.82, 2.24) is 15.1 Å². The summed E-state index contributed by atoms with van der Waals surface area (Å²) in [5.74, 6) is -1.55. The van der Waals surface area contributed by atoms with Crippen molar-refractivity contribution >= 4 is 23.4 Å². The van der Waals surface area contributed by atoms with Crippen LogP contribution in [0.2, 0.25) is 0 Å². The molecule has 0 spiro atoms. The molecule has 1 aliphatic heterocycles. The van der Waals surface area contributed by atoms with Crippen LogP contribution in [0.15, 0.2) is 24.3 Å². The number of nitrogens with one attached hydrogen (secondary N) is 2. The third kappa shape index (κ3) is 5.84. The Hall–Kier alpha value is -2.41. The topological polar surface area (TPSA) is 81.8 Å². The lowest BCUT2D eigenvalue weighted by molar-refractivity contribution is -0.136. The predicted octanol–water partition coefficient (Wildman–Crippen LogP) is 1.32. The van der Waals surface area contributed by atoms with Crippen molar-refractivity contribution in [3.8, 4) is 0 Å². The second kappa shape index (κ2) is 9.91. The molecule has 1 aliphatic rings. The highest BCUT2D eigenvalue weighted by Gasteiger charge is 2.22. The molecule has 0 bridgehead atoms. The zero-order valence-corrected chi connectivity index (χ0v) is 15.6. The Morgan fingerprint density at radius 3 is 2.42 bits per heavy atom. The average Bonchev–Trinajstić information content (AvgIpc) is 2.65. The Bertz CT molecular complexity index is 639. The van der Waals surface area contributed by atoms with Crippen LogP contribution in [0.1, 0.15) is 36.0 Å². The molecule has 1 aromatic carbocycles. The highest BCUT2D eigenvalue weighted by molar-refractivity contribution is 6.40. The van der Waals surface area contributed by atoms with Crippen molar-refractivity contribution in [2.24, 2.45) is 0 Å². The third-order valence-electron chi connectivity index (χ3n) is 4.32. The van der Waals surface area contributed by atoms with Gasteiger partial charge in [-0.2, -0.15) is 0 Å². The van der Waals surface area contributed by atoms with E-state index in [2.05, 4.69) is 10.6 Å². The first-order chi connectivity index (χ1) is 12.5. The summed E-state index contributed by atoms with van der Waals surface area (Å²) in [6.45, 7) is 2.72. The van der Waals surface area contributed by atoms with Crippen LogP contribution in [0.4, 0.5) is 5.69 Å². The molecule has 1 fully saturated rings. The summed E-state index contributed by atoms with van der Waals surface area (Å²) in [7, 11) is 3.90. The SMILES string of the molecule is CN(C)CCCNC(=O)C(=O)Nc1ccccc1C(=O)N1CCCCC1. The van der Waals surface area contributed by atoms with Crippen molar-refractivity contribution in [3.63, 3.8) is 0 Å². The normalized spacial score (nSPS) is 14.2. The Morgan fingerprint density at radius 1 is 1.04 bits per heavy atom. The maximum atomic E-state index is 12.7. The lowest BCUT2D eigenvalue weighted by Gasteiger charge is -2.27. The molecule has 7 heteroatoms. The Balaban J connectivity index is 1.95. The molecule has 1 saturated heterocycles. The second-order valence-corrected chi connectivity index (χ2v) is 6.77. The lowest BCUT2D eigenvalue weighted by atomic mass is 10.1. The summed E-state index contributed by atoms with van der Waals surface area (Å²) in [4.78, 5) is 40.6. The van der Waals surface area contributed by atoms with Gasteiger partial charge in [-0.1, -0.05) is 12.1 Å². The molecular weight excluding hydrogens is 332 g/mol. The molecule has 0 radical (unpaired) electrons. The average molecular weight is 360 g/mol. The maximum Gasteiger partial charge on any atom is 0.313 e. The molecule has 0 aromatic heterocycles. The number of anilines is 1. The number of piperidine rings is 1. The van der Waals surface area contributed by atoms with Crippen molar-refractivity contribution < 1.29 is 14.4 Å².